The number of allylic oxidation sites excluding steroid dienone is 10. The number of benzene rings is 1. The van der Waals surface area contributed by atoms with Crippen LogP contribution < -0.4 is 0 Å². The summed E-state index contributed by atoms with van der Waals surface area (Å²) in [5.74, 6) is -4.40. The van der Waals surface area contributed by atoms with Gasteiger partial charge in [-0.05, 0) is 111 Å². The van der Waals surface area contributed by atoms with Gasteiger partial charge in [0.05, 0.1) is 21.3 Å². The number of carbonyl (C=O) groups is 4. The molecule has 2 aliphatic rings. The van der Waals surface area contributed by atoms with Gasteiger partial charge in [-0.2, -0.15) is 0 Å². The van der Waals surface area contributed by atoms with Gasteiger partial charge in [-0.1, -0.05) is 67.4 Å². The molecule has 1 aromatic carbocycles. The highest BCUT2D eigenvalue weighted by atomic mass is 16.6. The van der Waals surface area contributed by atoms with E-state index in [0.717, 1.165) is 34.4 Å². The Hall–Kier alpha value is -4.80. The molecular formula is C42H54N2O9. The smallest absolute Gasteiger partial charge is 0.350 e. The first kappa shape index (κ1) is 42.6. The molecule has 0 saturated heterocycles. The molecule has 0 heterocycles. The second-order valence-corrected chi connectivity index (χ2v) is 16.0. The van der Waals surface area contributed by atoms with Crippen molar-refractivity contribution in [1.29, 1.82) is 0 Å². The van der Waals surface area contributed by atoms with E-state index in [2.05, 4.69) is 0 Å². The number of rotatable bonds is 15. The molecule has 11 nitrogen and oxygen atoms in total. The van der Waals surface area contributed by atoms with Gasteiger partial charge in [-0.15, -0.1) is 0 Å². The highest BCUT2D eigenvalue weighted by Crippen LogP contribution is 2.68. The Kier molecular flexibility index (Phi) is 13.2. The van der Waals surface area contributed by atoms with Crippen molar-refractivity contribution in [3.63, 3.8) is 0 Å². The van der Waals surface area contributed by atoms with E-state index in [0.29, 0.717) is 25.3 Å². The van der Waals surface area contributed by atoms with E-state index in [1.165, 1.54) is 0 Å². The number of non-ortho nitro benzene ring substituents is 1. The Morgan fingerprint density at radius 2 is 1.47 bits per heavy atom. The maximum atomic E-state index is 15.8. The summed E-state index contributed by atoms with van der Waals surface area (Å²) in [6, 6.07) is 2.57. The molecule has 1 aromatic rings. The molecule has 11 heteroatoms. The van der Waals surface area contributed by atoms with Crippen molar-refractivity contribution in [2.75, 3.05) is 0 Å². The first-order valence-electron chi connectivity index (χ1n) is 18.1. The van der Waals surface area contributed by atoms with Crippen LogP contribution in [0, 0.1) is 48.3 Å². The number of fused-ring (bicyclic) bond motifs is 2. The maximum Gasteiger partial charge on any atom is 0.350 e. The molecule has 2 aliphatic carbocycles. The van der Waals surface area contributed by atoms with E-state index in [9.17, 15) is 25.0 Å². The van der Waals surface area contributed by atoms with Gasteiger partial charge < -0.3 is 4.74 Å². The van der Waals surface area contributed by atoms with Crippen LogP contribution in [-0.4, -0.2) is 33.2 Å². The molecule has 0 aliphatic heterocycles. The van der Waals surface area contributed by atoms with Gasteiger partial charge >= 0.3 is 5.97 Å². The molecule has 0 spiro atoms. The lowest BCUT2D eigenvalue weighted by molar-refractivity contribution is -0.394. The Morgan fingerprint density at radius 1 is 0.887 bits per heavy atom. The number of nitrogens with zero attached hydrogens (tertiary/aromatic N) is 2. The molecule has 0 N–H and O–H groups in total. The molecule has 0 unspecified atom stereocenters. The molecule has 286 valence electrons. The van der Waals surface area contributed by atoms with Crippen LogP contribution >= 0.6 is 0 Å². The van der Waals surface area contributed by atoms with Crippen LogP contribution in [-0.2, 0) is 19.1 Å². The average molecular weight is 731 g/mol. The van der Waals surface area contributed by atoms with E-state index in [-0.39, 0.29) is 30.6 Å². The lowest BCUT2D eigenvalue weighted by atomic mass is 9.38. The summed E-state index contributed by atoms with van der Waals surface area (Å²) in [7, 11) is 0. The number of esters is 1. The Balaban J connectivity index is 2.59. The van der Waals surface area contributed by atoms with Crippen molar-refractivity contribution in [3.8, 4) is 0 Å². The minimum atomic E-state index is -2.12. The Bertz CT molecular complexity index is 1860. The fourth-order valence-electron chi connectivity index (χ4n) is 7.95. The van der Waals surface area contributed by atoms with Crippen molar-refractivity contribution in [1.82, 2.24) is 0 Å². The third kappa shape index (κ3) is 8.09. The molecule has 0 radical (unpaired) electrons. The third-order valence-corrected chi connectivity index (χ3v) is 10.7. The number of nitro benzene ring substituents is 2. The van der Waals surface area contributed by atoms with Crippen LogP contribution in [0.4, 0.5) is 11.4 Å². The lowest BCUT2D eigenvalue weighted by Crippen LogP contribution is -2.71. The second kappa shape index (κ2) is 16.5. The Morgan fingerprint density at radius 3 is 1.98 bits per heavy atom. The number of hydrogen-bond acceptors (Lipinski definition) is 9. The molecular weight excluding hydrogens is 676 g/mol. The van der Waals surface area contributed by atoms with Crippen LogP contribution in [0.5, 0.6) is 0 Å². The predicted molar refractivity (Wildman–Crippen MR) is 204 cm³/mol. The first-order valence-corrected chi connectivity index (χ1v) is 18.1. The molecule has 1 fully saturated rings. The minimum Gasteiger partial charge on any atom is -0.426 e. The van der Waals surface area contributed by atoms with Crippen LogP contribution in [0.15, 0.2) is 76.1 Å². The molecule has 53 heavy (non-hydrogen) atoms. The van der Waals surface area contributed by atoms with Gasteiger partial charge in [0.1, 0.15) is 11.3 Å². The quantitative estimate of drug-likeness (QED) is 0.0561. The summed E-state index contributed by atoms with van der Waals surface area (Å²) >= 11 is 0. The predicted octanol–water partition coefficient (Wildman–Crippen LogP) is 10.1. The summed E-state index contributed by atoms with van der Waals surface area (Å²) in [4.78, 5) is 82.3. The third-order valence-electron chi connectivity index (χ3n) is 10.7. The van der Waals surface area contributed by atoms with E-state index in [4.69, 9.17) is 4.74 Å². The van der Waals surface area contributed by atoms with Gasteiger partial charge in [-0.25, -0.2) is 4.79 Å². The van der Waals surface area contributed by atoms with Gasteiger partial charge in [-0.3, -0.25) is 34.6 Å². The number of nitro groups is 2. The largest absolute Gasteiger partial charge is 0.426 e. The summed E-state index contributed by atoms with van der Waals surface area (Å²) in [5, 5.41) is 23.5. The monoisotopic (exact) mass is 730 g/mol. The molecule has 3 rings (SSSR count). The molecule has 0 amide bonds. The van der Waals surface area contributed by atoms with Crippen molar-refractivity contribution in [2.24, 2.45) is 28.1 Å². The average Bonchev–Trinajstić information content (AvgIpc) is 3.05. The van der Waals surface area contributed by atoms with E-state index >= 15 is 14.4 Å². The Labute approximate surface area is 312 Å². The summed E-state index contributed by atoms with van der Waals surface area (Å²) in [6.07, 6.45) is 9.11. The highest BCUT2D eigenvalue weighted by molar-refractivity contribution is 6.33. The lowest BCUT2D eigenvalue weighted by Gasteiger charge is -2.61. The zero-order chi connectivity index (χ0) is 40.2. The van der Waals surface area contributed by atoms with Crippen molar-refractivity contribution >= 4 is 34.7 Å². The number of carbonyl (C=O) groups excluding carboxylic acids is 4. The number of ether oxygens (including phenoxy) is 1. The maximum absolute atomic E-state index is 15.8. The van der Waals surface area contributed by atoms with Crippen molar-refractivity contribution in [3.05, 3.63) is 102 Å². The van der Waals surface area contributed by atoms with Crippen LogP contribution in [0.1, 0.15) is 125 Å². The second-order valence-electron chi connectivity index (χ2n) is 16.0. The van der Waals surface area contributed by atoms with Gasteiger partial charge in [0, 0.05) is 17.6 Å². The fraction of sp³-hybridized carbons (Fsp3) is 0.524. The standard InChI is InChI=1S/C42H54N2O9/c1-25(2)13-12-21-40(11)30(16-14-26(3)4)24-41(22-20-28(7)8)37(53-38(47)32-19-17-31(43(49)50)23-34(32)44(51)52)33(18-15-27(5)6)36(46)42(40,39(41)48)35(45)29(9)10/h13-15,17,19-20,23,29-30H,12,16,18,21-22,24H2,1-11H3/t30-,40+,41+,42-/m0/s1. The zero-order valence-corrected chi connectivity index (χ0v) is 33.0. The number of hydrogen-bond donors (Lipinski definition) is 0. The van der Waals surface area contributed by atoms with Crippen LogP contribution in [0.3, 0.4) is 0 Å². The normalized spacial score (nSPS) is 23.6. The number of ketones is 3. The van der Waals surface area contributed by atoms with Gasteiger partial charge in [0.15, 0.2) is 22.8 Å². The summed E-state index contributed by atoms with van der Waals surface area (Å²) in [5.41, 5.74) is -3.21. The van der Waals surface area contributed by atoms with E-state index in [1.807, 2.05) is 80.5 Å². The SMILES string of the molecule is CC(C)=CCC[C@]1(C)[C@@H](CC=C(C)C)C[C@@]2(CC=C(C)C)C(=O)[C@]1(C(=O)C(C)C)C(=O)C(CC=C(C)C)=C2OC(=O)c1ccc([N+](=O)[O-])cc1[N+](=O)[O-]. The van der Waals surface area contributed by atoms with E-state index < -0.39 is 78.2 Å². The molecule has 0 aromatic heterocycles. The zero-order valence-electron chi connectivity index (χ0n) is 33.0. The van der Waals surface area contributed by atoms with Crippen molar-refractivity contribution in [2.45, 2.75) is 115 Å². The highest BCUT2D eigenvalue weighted by Gasteiger charge is 2.76. The van der Waals surface area contributed by atoms with Gasteiger partial charge in [0.25, 0.3) is 11.4 Å². The minimum absolute atomic E-state index is 0.00558. The summed E-state index contributed by atoms with van der Waals surface area (Å²) < 4.78 is 6.15. The number of Topliss-reactive ketones (excluding diaryl/α,β-unsaturated/α-hetero) is 3. The van der Waals surface area contributed by atoms with Gasteiger partial charge in [0.2, 0.25) is 0 Å². The van der Waals surface area contributed by atoms with Crippen LogP contribution in [0.25, 0.3) is 0 Å². The van der Waals surface area contributed by atoms with Crippen molar-refractivity contribution < 1.29 is 33.8 Å². The molecule has 2 bridgehead atoms. The topological polar surface area (TPSA) is 164 Å². The molecule has 4 atom stereocenters. The molecule has 1 saturated carbocycles. The fourth-order valence-corrected chi connectivity index (χ4v) is 7.95. The summed E-state index contributed by atoms with van der Waals surface area (Å²) in [6.45, 7) is 20.5. The van der Waals surface area contributed by atoms with E-state index in [1.54, 1.807) is 19.9 Å². The first-order chi connectivity index (χ1) is 24.6. The van der Waals surface area contributed by atoms with Crippen LogP contribution in [0.2, 0.25) is 0 Å².